The third kappa shape index (κ3) is 5.70. The summed E-state index contributed by atoms with van der Waals surface area (Å²) in [6.45, 7) is 6.72. The fourth-order valence-electron chi connectivity index (χ4n) is 3.02. The lowest BCUT2D eigenvalue weighted by molar-refractivity contribution is -0.119. The van der Waals surface area contributed by atoms with Crippen LogP contribution < -0.4 is 10.6 Å². The Morgan fingerprint density at radius 1 is 1.00 bits per heavy atom. The molecule has 0 bridgehead atoms. The number of nitrogens with one attached hydrogen (secondary N) is 2. The first kappa shape index (κ1) is 24.7. The van der Waals surface area contributed by atoms with Crippen molar-refractivity contribution in [1.29, 1.82) is 0 Å². The third-order valence-corrected chi connectivity index (χ3v) is 6.04. The van der Waals surface area contributed by atoms with E-state index in [4.69, 9.17) is 13.9 Å². The number of rotatable bonds is 8. The fourth-order valence-corrected chi connectivity index (χ4v) is 4.08. The van der Waals surface area contributed by atoms with Crippen LogP contribution in [0.1, 0.15) is 54.2 Å². The van der Waals surface area contributed by atoms with Crippen LogP contribution in [0.25, 0.3) is 0 Å². The van der Waals surface area contributed by atoms with Crippen LogP contribution in [-0.2, 0) is 14.3 Å². The molecule has 0 spiro atoms. The molecule has 9 nitrogen and oxygen atoms in total. The second kappa shape index (κ2) is 10.8. The predicted molar refractivity (Wildman–Crippen MR) is 127 cm³/mol. The molecule has 3 rings (SSSR count). The van der Waals surface area contributed by atoms with Gasteiger partial charge in [-0.1, -0.05) is 6.07 Å². The van der Waals surface area contributed by atoms with Crippen LogP contribution >= 0.6 is 11.3 Å². The molecule has 3 aromatic rings. The van der Waals surface area contributed by atoms with Gasteiger partial charge in [-0.05, 0) is 63.1 Å². The molecule has 2 amide bonds. The Morgan fingerprint density at radius 3 is 2.44 bits per heavy atom. The maximum Gasteiger partial charge on any atom is 0.341 e. The zero-order valence-corrected chi connectivity index (χ0v) is 20.0. The Labute approximate surface area is 200 Å². The van der Waals surface area contributed by atoms with Crippen molar-refractivity contribution in [3.8, 4) is 0 Å². The van der Waals surface area contributed by atoms with E-state index in [1.807, 2.05) is 6.92 Å². The van der Waals surface area contributed by atoms with Gasteiger partial charge in [-0.2, -0.15) is 0 Å². The molecular weight excluding hydrogens is 460 g/mol. The van der Waals surface area contributed by atoms with Gasteiger partial charge in [0.25, 0.3) is 11.8 Å². The van der Waals surface area contributed by atoms with Crippen molar-refractivity contribution in [2.45, 2.75) is 27.7 Å². The molecule has 0 fully saturated rings. The van der Waals surface area contributed by atoms with Gasteiger partial charge in [0.05, 0.1) is 24.0 Å². The van der Waals surface area contributed by atoms with Gasteiger partial charge < -0.3 is 24.5 Å². The SMILES string of the molecule is CCOC(=O)c1c(NC(=O)COC(=O)c2ccc(C)c(NC(=O)c3ccco3)c2)sc(C)c1C. The Hall–Kier alpha value is -3.92. The van der Waals surface area contributed by atoms with E-state index in [1.54, 1.807) is 32.9 Å². The molecule has 0 saturated heterocycles. The Morgan fingerprint density at radius 2 is 1.76 bits per heavy atom. The number of ether oxygens (including phenoxy) is 2. The van der Waals surface area contributed by atoms with Crippen LogP contribution in [0.4, 0.5) is 10.7 Å². The maximum absolute atomic E-state index is 12.5. The number of hydrogen-bond donors (Lipinski definition) is 2. The number of anilines is 2. The van der Waals surface area contributed by atoms with Crippen molar-refractivity contribution in [3.63, 3.8) is 0 Å². The molecule has 2 heterocycles. The largest absolute Gasteiger partial charge is 0.462 e. The quantitative estimate of drug-likeness (QED) is 0.451. The molecule has 0 aliphatic carbocycles. The summed E-state index contributed by atoms with van der Waals surface area (Å²) >= 11 is 1.24. The van der Waals surface area contributed by atoms with Crippen molar-refractivity contribution in [2.24, 2.45) is 0 Å². The number of amides is 2. The van der Waals surface area contributed by atoms with Crippen molar-refractivity contribution < 1.29 is 33.1 Å². The highest BCUT2D eigenvalue weighted by Crippen LogP contribution is 2.33. The first-order chi connectivity index (χ1) is 16.2. The summed E-state index contributed by atoms with van der Waals surface area (Å²) in [6.07, 6.45) is 1.38. The predicted octanol–water partition coefficient (Wildman–Crippen LogP) is 4.49. The number of hydrogen-bond acceptors (Lipinski definition) is 8. The van der Waals surface area contributed by atoms with Crippen molar-refractivity contribution >= 4 is 45.8 Å². The number of esters is 2. The lowest BCUT2D eigenvalue weighted by Gasteiger charge is -2.10. The van der Waals surface area contributed by atoms with Gasteiger partial charge in [-0.25, -0.2) is 9.59 Å². The smallest absolute Gasteiger partial charge is 0.341 e. The second-order valence-corrected chi connectivity index (χ2v) is 8.52. The van der Waals surface area contributed by atoms with E-state index in [1.165, 1.54) is 35.8 Å². The van der Waals surface area contributed by atoms with Gasteiger partial charge >= 0.3 is 11.9 Å². The molecule has 0 radical (unpaired) electrons. The molecule has 34 heavy (non-hydrogen) atoms. The summed E-state index contributed by atoms with van der Waals surface area (Å²) in [5.74, 6) is -2.20. The zero-order chi connectivity index (χ0) is 24.8. The topological polar surface area (TPSA) is 124 Å². The van der Waals surface area contributed by atoms with Crippen molar-refractivity contribution in [1.82, 2.24) is 0 Å². The Kier molecular flexibility index (Phi) is 7.85. The minimum atomic E-state index is -0.743. The van der Waals surface area contributed by atoms with Crippen LogP contribution in [0.2, 0.25) is 0 Å². The van der Waals surface area contributed by atoms with E-state index in [9.17, 15) is 19.2 Å². The van der Waals surface area contributed by atoms with Crippen LogP contribution in [0, 0.1) is 20.8 Å². The second-order valence-electron chi connectivity index (χ2n) is 7.29. The normalized spacial score (nSPS) is 10.5. The van der Waals surface area contributed by atoms with Crippen LogP contribution in [0.15, 0.2) is 41.0 Å². The lowest BCUT2D eigenvalue weighted by Crippen LogP contribution is -2.22. The minimum Gasteiger partial charge on any atom is -0.462 e. The van der Waals surface area contributed by atoms with Crippen LogP contribution in [0.5, 0.6) is 0 Å². The standard InChI is InChI=1S/C24H24N2O7S/c1-5-31-24(30)20-14(3)15(4)34-22(20)26-19(27)12-33-23(29)16-9-8-13(2)17(11-16)25-21(28)18-7-6-10-32-18/h6-11H,5,12H2,1-4H3,(H,25,28)(H,26,27). The summed E-state index contributed by atoms with van der Waals surface area (Å²) in [4.78, 5) is 50.2. The highest BCUT2D eigenvalue weighted by molar-refractivity contribution is 7.16. The molecule has 0 aliphatic heterocycles. The Balaban J connectivity index is 1.64. The summed E-state index contributed by atoms with van der Waals surface area (Å²) in [6, 6.07) is 7.75. The molecule has 2 aromatic heterocycles. The van der Waals surface area contributed by atoms with Gasteiger partial charge in [0.1, 0.15) is 5.00 Å². The summed E-state index contributed by atoms with van der Waals surface area (Å²) in [5, 5.41) is 5.63. The van der Waals surface area contributed by atoms with Gasteiger partial charge in [0, 0.05) is 10.6 Å². The number of carbonyl (C=O) groups excluding carboxylic acids is 4. The first-order valence-electron chi connectivity index (χ1n) is 10.4. The molecule has 0 aliphatic rings. The number of furan rings is 1. The molecule has 0 saturated carbocycles. The summed E-state index contributed by atoms with van der Waals surface area (Å²) in [5.41, 5.74) is 2.30. The average molecular weight is 485 g/mol. The van der Waals surface area contributed by atoms with E-state index in [0.717, 1.165) is 16.0 Å². The first-order valence-corrected chi connectivity index (χ1v) is 11.2. The Bertz CT molecular complexity index is 1230. The highest BCUT2D eigenvalue weighted by atomic mass is 32.1. The number of aryl methyl sites for hydroxylation is 2. The minimum absolute atomic E-state index is 0.130. The summed E-state index contributed by atoms with van der Waals surface area (Å²) in [7, 11) is 0. The molecule has 2 N–H and O–H groups in total. The molecule has 0 unspecified atom stereocenters. The van der Waals surface area contributed by atoms with E-state index in [2.05, 4.69) is 10.6 Å². The van der Waals surface area contributed by atoms with Crippen molar-refractivity contribution in [3.05, 3.63) is 69.5 Å². The van der Waals surface area contributed by atoms with E-state index in [-0.39, 0.29) is 17.9 Å². The van der Waals surface area contributed by atoms with Gasteiger partial charge in [-0.3, -0.25) is 9.59 Å². The van der Waals surface area contributed by atoms with Crippen molar-refractivity contribution in [2.75, 3.05) is 23.8 Å². The maximum atomic E-state index is 12.5. The summed E-state index contributed by atoms with van der Waals surface area (Å²) < 4.78 is 15.3. The number of thiophene rings is 1. The van der Waals surface area contributed by atoms with Gasteiger partial charge in [-0.15, -0.1) is 11.3 Å². The molecular formula is C24H24N2O7S. The highest BCUT2D eigenvalue weighted by Gasteiger charge is 2.22. The van der Waals surface area contributed by atoms with E-state index >= 15 is 0 Å². The molecule has 1 aromatic carbocycles. The van der Waals surface area contributed by atoms with Gasteiger partial charge in [0.15, 0.2) is 12.4 Å². The number of carbonyl (C=O) groups is 4. The lowest BCUT2D eigenvalue weighted by atomic mass is 10.1. The molecule has 10 heteroatoms. The average Bonchev–Trinajstić information content (AvgIpc) is 3.42. The van der Waals surface area contributed by atoms with Crippen LogP contribution in [-0.4, -0.2) is 37.0 Å². The van der Waals surface area contributed by atoms with E-state index < -0.39 is 30.4 Å². The molecule has 178 valence electrons. The van der Waals surface area contributed by atoms with Gasteiger partial charge in [0.2, 0.25) is 0 Å². The number of benzene rings is 1. The van der Waals surface area contributed by atoms with E-state index in [0.29, 0.717) is 16.3 Å². The molecule has 0 atom stereocenters. The van der Waals surface area contributed by atoms with Crippen LogP contribution in [0.3, 0.4) is 0 Å². The fraction of sp³-hybridized carbons (Fsp3) is 0.250. The monoisotopic (exact) mass is 484 g/mol. The zero-order valence-electron chi connectivity index (χ0n) is 19.1. The third-order valence-electron chi connectivity index (χ3n) is 4.92.